The van der Waals surface area contributed by atoms with E-state index in [0.29, 0.717) is 38.7 Å². The highest BCUT2D eigenvalue weighted by Crippen LogP contribution is 2.25. The molecule has 0 bridgehead atoms. The molecule has 0 heterocycles. The van der Waals surface area contributed by atoms with Crippen LogP contribution in [0.4, 0.5) is 0 Å². The second kappa shape index (κ2) is 8.12. The Hall–Kier alpha value is -1.14. The molecule has 0 unspecified atom stereocenters. The van der Waals surface area contributed by atoms with Crippen molar-refractivity contribution in [1.82, 2.24) is 9.80 Å². The first-order valence-electron chi connectivity index (χ1n) is 6.62. The summed E-state index contributed by atoms with van der Waals surface area (Å²) in [6.45, 7) is 2.02. The molecule has 0 aromatic heterocycles. The van der Waals surface area contributed by atoms with Crippen molar-refractivity contribution < 1.29 is 19.1 Å². The number of rotatable bonds is 9. The van der Waals surface area contributed by atoms with Gasteiger partial charge in [-0.15, -0.1) is 0 Å². The van der Waals surface area contributed by atoms with Crippen molar-refractivity contribution in [3.8, 4) is 0 Å². The highest BCUT2D eigenvalue weighted by Gasteiger charge is 2.30. The number of carbonyl (C=O) groups excluding carboxylic acids is 2. The van der Waals surface area contributed by atoms with Crippen LogP contribution in [-0.2, 0) is 19.1 Å². The summed E-state index contributed by atoms with van der Waals surface area (Å²) in [5, 5.41) is 0. The number of nitrogens with zero attached hydrogens (tertiary/aromatic N) is 2. The number of amides is 1. The Balaban J connectivity index is 2.38. The molecule has 0 radical (unpaired) electrons. The topological polar surface area (TPSA) is 59.1 Å². The minimum absolute atomic E-state index is 0.100. The SMILES string of the molecule is COCCN(CCC(=O)OC)CC(=O)N(C)C1CC1. The molecule has 1 saturated carbocycles. The van der Waals surface area contributed by atoms with E-state index in [1.807, 2.05) is 11.9 Å². The Kier molecular flexibility index (Phi) is 6.80. The fourth-order valence-corrected chi connectivity index (χ4v) is 1.81. The van der Waals surface area contributed by atoms with Crippen molar-refractivity contribution in [1.29, 1.82) is 0 Å². The van der Waals surface area contributed by atoms with Gasteiger partial charge in [0.2, 0.25) is 5.91 Å². The van der Waals surface area contributed by atoms with Crippen LogP contribution in [0.1, 0.15) is 19.3 Å². The van der Waals surface area contributed by atoms with Crippen LogP contribution in [-0.4, -0.2) is 75.2 Å². The normalized spacial score (nSPS) is 14.5. The summed E-state index contributed by atoms with van der Waals surface area (Å²) >= 11 is 0. The van der Waals surface area contributed by atoms with Gasteiger partial charge in [-0.2, -0.15) is 0 Å². The van der Waals surface area contributed by atoms with E-state index in [0.717, 1.165) is 12.8 Å². The molecule has 1 aliphatic carbocycles. The third-order valence-corrected chi connectivity index (χ3v) is 3.32. The molecule has 1 fully saturated rings. The van der Waals surface area contributed by atoms with Gasteiger partial charge in [0.1, 0.15) is 0 Å². The van der Waals surface area contributed by atoms with Crippen molar-refractivity contribution in [3.63, 3.8) is 0 Å². The van der Waals surface area contributed by atoms with Crippen LogP contribution in [0.3, 0.4) is 0 Å². The Bertz CT molecular complexity index is 305. The van der Waals surface area contributed by atoms with Crippen molar-refractivity contribution in [2.75, 3.05) is 47.5 Å². The summed E-state index contributed by atoms with van der Waals surface area (Å²) in [5.74, 6) is -0.158. The Morgan fingerprint density at radius 1 is 1.21 bits per heavy atom. The van der Waals surface area contributed by atoms with Gasteiger partial charge in [-0.25, -0.2) is 0 Å². The van der Waals surface area contributed by atoms with Crippen LogP contribution < -0.4 is 0 Å². The first-order chi connectivity index (χ1) is 9.08. The minimum atomic E-state index is -0.259. The molecular formula is C13H24N2O4. The first-order valence-corrected chi connectivity index (χ1v) is 6.62. The van der Waals surface area contributed by atoms with Crippen molar-refractivity contribution >= 4 is 11.9 Å². The molecule has 6 heteroatoms. The lowest BCUT2D eigenvalue weighted by molar-refractivity contribution is -0.141. The monoisotopic (exact) mass is 272 g/mol. The highest BCUT2D eigenvalue weighted by atomic mass is 16.5. The fraction of sp³-hybridized carbons (Fsp3) is 0.846. The number of likely N-dealkylation sites (N-methyl/N-ethyl adjacent to an activating group) is 1. The van der Waals surface area contributed by atoms with Crippen molar-refractivity contribution in [3.05, 3.63) is 0 Å². The van der Waals surface area contributed by atoms with Gasteiger partial charge in [-0.05, 0) is 12.8 Å². The third kappa shape index (κ3) is 6.02. The number of ether oxygens (including phenoxy) is 2. The van der Waals surface area contributed by atoms with Crippen LogP contribution >= 0.6 is 0 Å². The predicted molar refractivity (Wildman–Crippen MR) is 70.7 cm³/mol. The van der Waals surface area contributed by atoms with Gasteiger partial charge in [0, 0.05) is 33.3 Å². The second-order valence-corrected chi connectivity index (χ2v) is 4.83. The molecule has 1 rings (SSSR count). The van der Waals surface area contributed by atoms with Crippen LogP contribution in [0, 0.1) is 0 Å². The molecule has 0 aliphatic heterocycles. The third-order valence-electron chi connectivity index (χ3n) is 3.32. The lowest BCUT2D eigenvalue weighted by Crippen LogP contribution is -2.41. The summed E-state index contributed by atoms with van der Waals surface area (Å²) in [6, 6.07) is 0.414. The molecule has 0 atom stereocenters. The predicted octanol–water partition coefficient (Wildman–Crippen LogP) is 0.119. The van der Waals surface area contributed by atoms with Crippen LogP contribution in [0.15, 0.2) is 0 Å². The van der Waals surface area contributed by atoms with Crippen molar-refractivity contribution in [2.24, 2.45) is 0 Å². The zero-order valence-electron chi connectivity index (χ0n) is 12.1. The average Bonchev–Trinajstić information content (AvgIpc) is 3.24. The number of hydrogen-bond donors (Lipinski definition) is 0. The van der Waals surface area contributed by atoms with Gasteiger partial charge < -0.3 is 14.4 Å². The Morgan fingerprint density at radius 2 is 1.89 bits per heavy atom. The lowest BCUT2D eigenvalue weighted by Gasteiger charge is -2.24. The molecular weight excluding hydrogens is 248 g/mol. The number of hydrogen-bond acceptors (Lipinski definition) is 5. The largest absolute Gasteiger partial charge is 0.469 e. The van der Waals surface area contributed by atoms with E-state index in [9.17, 15) is 9.59 Å². The van der Waals surface area contributed by atoms with Crippen LogP contribution in [0.25, 0.3) is 0 Å². The van der Waals surface area contributed by atoms with E-state index in [4.69, 9.17) is 4.74 Å². The van der Waals surface area contributed by atoms with E-state index < -0.39 is 0 Å². The molecule has 0 N–H and O–H groups in total. The Morgan fingerprint density at radius 3 is 2.42 bits per heavy atom. The minimum Gasteiger partial charge on any atom is -0.469 e. The zero-order valence-corrected chi connectivity index (χ0v) is 12.1. The maximum absolute atomic E-state index is 12.0. The smallest absolute Gasteiger partial charge is 0.306 e. The molecule has 110 valence electrons. The van der Waals surface area contributed by atoms with Crippen LogP contribution in [0.5, 0.6) is 0 Å². The molecule has 1 aliphatic rings. The summed E-state index contributed by atoms with van der Waals surface area (Å²) in [4.78, 5) is 26.9. The number of carbonyl (C=O) groups is 2. The molecule has 0 saturated heterocycles. The molecule has 0 spiro atoms. The van der Waals surface area contributed by atoms with Gasteiger partial charge in [0.15, 0.2) is 0 Å². The van der Waals surface area contributed by atoms with Gasteiger partial charge in [0.25, 0.3) is 0 Å². The van der Waals surface area contributed by atoms with E-state index in [2.05, 4.69) is 4.74 Å². The zero-order chi connectivity index (χ0) is 14.3. The van der Waals surface area contributed by atoms with E-state index in [1.54, 1.807) is 12.0 Å². The summed E-state index contributed by atoms with van der Waals surface area (Å²) in [5.41, 5.74) is 0. The van der Waals surface area contributed by atoms with Crippen LogP contribution in [0.2, 0.25) is 0 Å². The first kappa shape index (κ1) is 15.9. The lowest BCUT2D eigenvalue weighted by atomic mass is 10.3. The number of methoxy groups -OCH3 is 2. The quantitative estimate of drug-likeness (QED) is 0.558. The summed E-state index contributed by atoms with van der Waals surface area (Å²) in [6.07, 6.45) is 2.49. The molecule has 0 aromatic carbocycles. The molecule has 6 nitrogen and oxygen atoms in total. The van der Waals surface area contributed by atoms with E-state index >= 15 is 0 Å². The van der Waals surface area contributed by atoms with Crippen molar-refractivity contribution in [2.45, 2.75) is 25.3 Å². The molecule has 19 heavy (non-hydrogen) atoms. The van der Waals surface area contributed by atoms with E-state index in [1.165, 1.54) is 7.11 Å². The maximum atomic E-state index is 12.0. The standard InChI is InChI=1S/C13H24N2O4/c1-14(11-4-5-11)12(16)10-15(8-9-18-2)7-6-13(17)19-3/h11H,4-10H2,1-3H3. The van der Waals surface area contributed by atoms with Gasteiger partial charge in [-0.3, -0.25) is 14.5 Å². The summed E-state index contributed by atoms with van der Waals surface area (Å²) in [7, 11) is 4.83. The van der Waals surface area contributed by atoms with Gasteiger partial charge in [0.05, 0.1) is 26.7 Å². The van der Waals surface area contributed by atoms with E-state index in [-0.39, 0.29) is 11.9 Å². The second-order valence-electron chi connectivity index (χ2n) is 4.83. The molecule has 1 amide bonds. The average molecular weight is 272 g/mol. The van der Waals surface area contributed by atoms with Gasteiger partial charge >= 0.3 is 5.97 Å². The fourth-order valence-electron chi connectivity index (χ4n) is 1.81. The number of esters is 1. The Labute approximate surface area is 114 Å². The highest BCUT2D eigenvalue weighted by molar-refractivity contribution is 5.78. The summed E-state index contributed by atoms with van der Waals surface area (Å²) < 4.78 is 9.64. The molecule has 0 aromatic rings. The maximum Gasteiger partial charge on any atom is 0.306 e. The van der Waals surface area contributed by atoms with Gasteiger partial charge in [-0.1, -0.05) is 0 Å².